The number of likely N-dealkylation sites (tertiary alicyclic amines) is 1. The molecular formula is C15H21ClN2OS. The molecule has 0 aliphatic carbocycles. The molecule has 5 heteroatoms. The Morgan fingerprint density at radius 1 is 1.50 bits per heavy atom. The van der Waals surface area contributed by atoms with E-state index >= 15 is 0 Å². The Labute approximate surface area is 129 Å². The third kappa shape index (κ3) is 3.83. The van der Waals surface area contributed by atoms with E-state index in [4.69, 9.17) is 17.3 Å². The molecule has 0 aromatic heterocycles. The van der Waals surface area contributed by atoms with E-state index < -0.39 is 0 Å². The van der Waals surface area contributed by atoms with E-state index in [1.807, 2.05) is 12.1 Å². The first-order valence-electron chi connectivity index (χ1n) is 7.09. The molecule has 1 heterocycles. The van der Waals surface area contributed by atoms with Crippen LogP contribution in [0.3, 0.4) is 0 Å². The maximum atomic E-state index is 12.3. The molecule has 1 aliphatic heterocycles. The highest BCUT2D eigenvalue weighted by Gasteiger charge is 2.24. The summed E-state index contributed by atoms with van der Waals surface area (Å²) in [5, 5.41) is 0.548. The zero-order valence-electron chi connectivity index (χ0n) is 11.8. The summed E-state index contributed by atoms with van der Waals surface area (Å²) in [4.78, 5) is 15.4. The van der Waals surface area contributed by atoms with Gasteiger partial charge in [-0.05, 0) is 43.9 Å². The Hall–Kier alpha value is -0.870. The predicted octanol–water partition coefficient (Wildman–Crippen LogP) is 3.81. The molecule has 1 fully saturated rings. The van der Waals surface area contributed by atoms with Crippen molar-refractivity contribution in [2.75, 3.05) is 18.0 Å². The molecule has 1 aromatic rings. The number of hydrogen-bond acceptors (Lipinski definition) is 3. The summed E-state index contributed by atoms with van der Waals surface area (Å²) in [6.07, 6.45) is 4.55. The minimum atomic E-state index is 0.231. The van der Waals surface area contributed by atoms with Gasteiger partial charge in [0.25, 0.3) is 0 Å². The van der Waals surface area contributed by atoms with Crippen molar-refractivity contribution >= 4 is 35.0 Å². The minimum absolute atomic E-state index is 0.231. The lowest BCUT2D eigenvalue weighted by Crippen LogP contribution is -2.44. The molecule has 0 saturated carbocycles. The van der Waals surface area contributed by atoms with Crippen molar-refractivity contribution in [1.82, 2.24) is 4.90 Å². The van der Waals surface area contributed by atoms with Gasteiger partial charge in [-0.1, -0.05) is 18.5 Å². The lowest BCUT2D eigenvalue weighted by atomic mass is 10.0. The predicted molar refractivity (Wildman–Crippen MR) is 86.2 cm³/mol. The van der Waals surface area contributed by atoms with Crippen molar-refractivity contribution in [3.8, 4) is 0 Å². The molecule has 2 N–H and O–H groups in total. The number of carbonyl (C=O) groups is 1. The van der Waals surface area contributed by atoms with Crippen LogP contribution in [0.4, 0.5) is 5.69 Å². The fourth-order valence-electron chi connectivity index (χ4n) is 2.58. The van der Waals surface area contributed by atoms with Crippen molar-refractivity contribution in [3.63, 3.8) is 0 Å². The summed E-state index contributed by atoms with van der Waals surface area (Å²) in [5.74, 6) is 0.700. The number of nitrogens with zero attached hydrogens (tertiary/aromatic N) is 1. The SMILES string of the molecule is CCC1CCCCN1C(=O)CSc1ccc(N)c(Cl)c1. The number of benzene rings is 1. The Bertz CT molecular complexity index is 481. The Balaban J connectivity index is 1.92. The molecule has 0 radical (unpaired) electrons. The molecule has 1 saturated heterocycles. The van der Waals surface area contributed by atoms with E-state index in [9.17, 15) is 4.79 Å². The normalized spacial score (nSPS) is 19.1. The van der Waals surface area contributed by atoms with Crippen LogP contribution in [-0.4, -0.2) is 29.1 Å². The molecule has 1 unspecified atom stereocenters. The second-order valence-electron chi connectivity index (χ2n) is 5.12. The molecule has 110 valence electrons. The number of rotatable bonds is 4. The van der Waals surface area contributed by atoms with Crippen LogP contribution in [0.2, 0.25) is 5.02 Å². The van der Waals surface area contributed by atoms with Gasteiger partial charge in [0.1, 0.15) is 0 Å². The van der Waals surface area contributed by atoms with Crippen LogP contribution in [0.15, 0.2) is 23.1 Å². The topological polar surface area (TPSA) is 46.3 Å². The van der Waals surface area contributed by atoms with Crippen LogP contribution < -0.4 is 5.73 Å². The number of hydrogen-bond donors (Lipinski definition) is 1. The molecular weight excluding hydrogens is 292 g/mol. The maximum absolute atomic E-state index is 12.3. The van der Waals surface area contributed by atoms with Crippen LogP contribution in [0.5, 0.6) is 0 Å². The first kappa shape index (κ1) is 15.5. The van der Waals surface area contributed by atoms with Crippen molar-refractivity contribution in [2.45, 2.75) is 43.5 Å². The number of carbonyl (C=O) groups excluding carboxylic acids is 1. The number of halogens is 1. The van der Waals surface area contributed by atoms with Crippen LogP contribution >= 0.6 is 23.4 Å². The van der Waals surface area contributed by atoms with Gasteiger partial charge in [-0.15, -0.1) is 11.8 Å². The molecule has 1 atom stereocenters. The number of nitrogen functional groups attached to an aromatic ring is 1. The van der Waals surface area contributed by atoms with Crippen molar-refractivity contribution in [3.05, 3.63) is 23.2 Å². The van der Waals surface area contributed by atoms with Crippen LogP contribution in [0, 0.1) is 0 Å². The third-order valence-electron chi connectivity index (χ3n) is 3.75. The van der Waals surface area contributed by atoms with E-state index in [2.05, 4.69) is 11.8 Å². The van der Waals surface area contributed by atoms with Gasteiger partial charge >= 0.3 is 0 Å². The standard InChI is InChI=1S/C15H21ClN2OS/c1-2-11-5-3-4-8-18(11)15(19)10-20-12-6-7-14(17)13(16)9-12/h6-7,9,11H,2-5,8,10,17H2,1H3. The summed E-state index contributed by atoms with van der Waals surface area (Å²) in [7, 11) is 0. The fraction of sp³-hybridized carbons (Fsp3) is 0.533. The number of thioether (sulfide) groups is 1. The second-order valence-corrected chi connectivity index (χ2v) is 6.57. The second kappa shape index (κ2) is 7.23. The molecule has 3 nitrogen and oxygen atoms in total. The van der Waals surface area contributed by atoms with Gasteiger partial charge in [0.15, 0.2) is 0 Å². The van der Waals surface area contributed by atoms with Gasteiger partial charge in [0, 0.05) is 17.5 Å². The molecule has 1 amide bonds. The monoisotopic (exact) mass is 312 g/mol. The van der Waals surface area contributed by atoms with E-state index in [0.717, 1.165) is 30.7 Å². The molecule has 0 spiro atoms. The van der Waals surface area contributed by atoms with Crippen LogP contribution in [-0.2, 0) is 4.79 Å². The molecule has 20 heavy (non-hydrogen) atoms. The minimum Gasteiger partial charge on any atom is -0.398 e. The Kier molecular flexibility index (Phi) is 5.61. The van der Waals surface area contributed by atoms with Gasteiger partial charge in [-0.3, -0.25) is 4.79 Å². The lowest BCUT2D eigenvalue weighted by Gasteiger charge is -2.35. The summed E-state index contributed by atoms with van der Waals surface area (Å²) in [5.41, 5.74) is 6.25. The van der Waals surface area contributed by atoms with E-state index in [-0.39, 0.29) is 5.91 Å². The largest absolute Gasteiger partial charge is 0.398 e. The van der Waals surface area contributed by atoms with Gasteiger partial charge in [-0.2, -0.15) is 0 Å². The van der Waals surface area contributed by atoms with Crippen LogP contribution in [0.25, 0.3) is 0 Å². The van der Waals surface area contributed by atoms with E-state index in [1.54, 1.807) is 6.07 Å². The number of nitrogens with two attached hydrogens (primary N) is 1. The van der Waals surface area contributed by atoms with E-state index in [1.165, 1.54) is 18.2 Å². The third-order valence-corrected chi connectivity index (χ3v) is 5.06. The number of amides is 1. The van der Waals surface area contributed by atoms with Gasteiger partial charge in [0.2, 0.25) is 5.91 Å². The maximum Gasteiger partial charge on any atom is 0.233 e. The van der Waals surface area contributed by atoms with Gasteiger partial charge in [-0.25, -0.2) is 0 Å². The van der Waals surface area contributed by atoms with Gasteiger partial charge < -0.3 is 10.6 Å². The Morgan fingerprint density at radius 2 is 2.30 bits per heavy atom. The van der Waals surface area contributed by atoms with Crippen LogP contribution in [0.1, 0.15) is 32.6 Å². The molecule has 1 aliphatic rings. The molecule has 0 bridgehead atoms. The summed E-state index contributed by atoms with van der Waals surface area (Å²) >= 11 is 7.52. The number of anilines is 1. The first-order valence-corrected chi connectivity index (χ1v) is 8.45. The highest BCUT2D eigenvalue weighted by Crippen LogP contribution is 2.27. The van der Waals surface area contributed by atoms with Gasteiger partial charge in [0.05, 0.1) is 16.5 Å². The highest BCUT2D eigenvalue weighted by molar-refractivity contribution is 8.00. The summed E-state index contributed by atoms with van der Waals surface area (Å²) in [6, 6.07) is 5.94. The average molecular weight is 313 g/mol. The summed E-state index contributed by atoms with van der Waals surface area (Å²) < 4.78 is 0. The lowest BCUT2D eigenvalue weighted by molar-refractivity contribution is -0.132. The smallest absolute Gasteiger partial charge is 0.233 e. The van der Waals surface area contributed by atoms with Crippen molar-refractivity contribution in [1.29, 1.82) is 0 Å². The average Bonchev–Trinajstić information content (AvgIpc) is 2.48. The molecule has 2 rings (SSSR count). The number of piperidine rings is 1. The van der Waals surface area contributed by atoms with E-state index in [0.29, 0.717) is 22.5 Å². The van der Waals surface area contributed by atoms with Crippen molar-refractivity contribution in [2.24, 2.45) is 0 Å². The fourth-order valence-corrected chi connectivity index (χ4v) is 3.65. The Morgan fingerprint density at radius 3 is 3.00 bits per heavy atom. The summed E-state index contributed by atoms with van der Waals surface area (Å²) in [6.45, 7) is 3.06. The molecule has 1 aromatic carbocycles. The van der Waals surface area contributed by atoms with Crippen molar-refractivity contribution < 1.29 is 4.79 Å². The zero-order chi connectivity index (χ0) is 14.5. The zero-order valence-corrected chi connectivity index (χ0v) is 13.3. The first-order chi connectivity index (χ1) is 9.61. The quantitative estimate of drug-likeness (QED) is 0.679. The highest BCUT2D eigenvalue weighted by atomic mass is 35.5.